The number of rotatable bonds is 8. The summed E-state index contributed by atoms with van der Waals surface area (Å²) in [4.78, 5) is 11.2. The minimum atomic E-state index is -1.19. The Hall–Kier alpha value is -2.48. The average Bonchev–Trinajstić information content (AvgIpc) is 2.75. The second kappa shape index (κ2) is 11.1. The van der Waals surface area contributed by atoms with E-state index in [0.29, 0.717) is 30.2 Å². The Morgan fingerprint density at radius 2 is 1.94 bits per heavy atom. The first-order valence-electron chi connectivity index (χ1n) is 11.5. The topological polar surface area (TPSA) is 88.0 Å². The van der Waals surface area contributed by atoms with E-state index in [9.17, 15) is 19.4 Å². The van der Waals surface area contributed by atoms with Gasteiger partial charge in [0.2, 0.25) is 12.2 Å². The number of nitrogens with one attached hydrogen (secondary N) is 1. The van der Waals surface area contributed by atoms with Crippen LogP contribution in [0.25, 0.3) is 11.1 Å². The summed E-state index contributed by atoms with van der Waals surface area (Å²) in [6, 6.07) is 11.6. The molecule has 3 rings (SSSR count). The molecule has 5 atom stereocenters. The second-order valence-electron chi connectivity index (χ2n) is 9.19. The zero-order chi connectivity index (χ0) is 24.1. The molecule has 0 saturated carbocycles. The molecular weight excluding hydrogens is 425 g/mol. The van der Waals surface area contributed by atoms with Gasteiger partial charge in [0.25, 0.3) is 0 Å². The van der Waals surface area contributed by atoms with Crippen molar-refractivity contribution >= 4 is 5.91 Å². The van der Waals surface area contributed by atoms with E-state index in [1.165, 1.54) is 19.1 Å². The molecule has 1 heterocycles. The highest BCUT2D eigenvalue weighted by Crippen LogP contribution is 2.33. The van der Waals surface area contributed by atoms with Gasteiger partial charge in [-0.3, -0.25) is 4.79 Å². The van der Waals surface area contributed by atoms with Crippen molar-refractivity contribution in [3.05, 3.63) is 53.8 Å². The van der Waals surface area contributed by atoms with Crippen LogP contribution in [0.3, 0.4) is 0 Å². The molecule has 0 radical (unpaired) electrons. The first-order valence-corrected chi connectivity index (χ1v) is 11.5. The van der Waals surface area contributed by atoms with Crippen LogP contribution >= 0.6 is 0 Å². The Labute approximate surface area is 194 Å². The van der Waals surface area contributed by atoms with Gasteiger partial charge in [0.15, 0.2) is 0 Å². The van der Waals surface area contributed by atoms with Crippen molar-refractivity contribution in [3.8, 4) is 16.9 Å². The fraction of sp³-hybridized carbons (Fsp3) is 0.500. The fourth-order valence-electron chi connectivity index (χ4n) is 4.18. The van der Waals surface area contributed by atoms with Gasteiger partial charge in [-0.2, -0.15) is 0 Å². The number of carbonyl (C=O) groups excluding carboxylic acids is 1. The lowest BCUT2D eigenvalue weighted by Crippen LogP contribution is -2.55. The number of halogens is 1. The van der Waals surface area contributed by atoms with Crippen molar-refractivity contribution in [3.63, 3.8) is 0 Å². The maximum Gasteiger partial charge on any atom is 0.228 e. The summed E-state index contributed by atoms with van der Waals surface area (Å²) in [6.07, 6.45) is -2.13. The summed E-state index contributed by atoms with van der Waals surface area (Å²) in [6.45, 7) is 7.93. The van der Waals surface area contributed by atoms with Gasteiger partial charge >= 0.3 is 0 Å². The Kier molecular flexibility index (Phi) is 8.46. The lowest BCUT2D eigenvalue weighted by atomic mass is 9.86. The first-order chi connectivity index (χ1) is 15.7. The molecule has 1 aliphatic rings. The second-order valence-corrected chi connectivity index (χ2v) is 9.19. The van der Waals surface area contributed by atoms with Crippen LogP contribution in [0.2, 0.25) is 0 Å². The third-order valence-electron chi connectivity index (χ3n) is 6.00. The number of carbonyl (C=O) groups is 1. The summed E-state index contributed by atoms with van der Waals surface area (Å²) in [5.41, 5.74) is 2.35. The van der Waals surface area contributed by atoms with Crippen LogP contribution in [-0.2, 0) is 16.0 Å². The largest absolute Gasteiger partial charge is 0.462 e. The molecule has 0 aromatic heterocycles. The molecule has 2 aromatic rings. The number of benzene rings is 2. The van der Waals surface area contributed by atoms with Crippen LogP contribution in [0.5, 0.6) is 5.75 Å². The van der Waals surface area contributed by atoms with Crippen LogP contribution in [0.4, 0.5) is 4.39 Å². The van der Waals surface area contributed by atoms with Crippen molar-refractivity contribution in [1.29, 1.82) is 0 Å². The van der Waals surface area contributed by atoms with E-state index in [2.05, 4.69) is 19.2 Å². The number of amides is 1. The Morgan fingerprint density at radius 1 is 1.18 bits per heavy atom. The third-order valence-corrected chi connectivity index (χ3v) is 6.00. The van der Waals surface area contributed by atoms with Crippen molar-refractivity contribution in [2.45, 2.75) is 65.1 Å². The summed E-state index contributed by atoms with van der Waals surface area (Å²) in [5.74, 6) is 0.108. The number of hydrogen-bond acceptors (Lipinski definition) is 5. The lowest BCUT2D eigenvalue weighted by molar-refractivity contribution is -0.257. The van der Waals surface area contributed by atoms with E-state index in [1.54, 1.807) is 24.3 Å². The standard InChI is InChI=1S/C26H34FNO5/c1-15(2)12-23-16(3)24(30)25(31)26(33-23)32-21-9-8-18(10-11-28-17(4)29)22(14-21)19-6-5-7-20(27)13-19/h5-9,13-16,23-26,30-31H,10-12H2,1-4H3,(H,28,29)/t16-,23-,24+,25+,26+/m0/s1. The van der Waals surface area contributed by atoms with E-state index < -0.39 is 18.5 Å². The number of aliphatic hydroxyl groups is 2. The van der Waals surface area contributed by atoms with E-state index in [0.717, 1.165) is 17.5 Å². The predicted octanol–water partition coefficient (Wildman–Crippen LogP) is 3.68. The molecule has 2 aromatic carbocycles. The molecule has 0 unspecified atom stereocenters. The summed E-state index contributed by atoms with van der Waals surface area (Å²) in [5, 5.41) is 23.9. The molecule has 1 aliphatic heterocycles. The van der Waals surface area contributed by atoms with Gasteiger partial charge in [0, 0.05) is 19.4 Å². The first kappa shape index (κ1) is 25.1. The molecule has 0 bridgehead atoms. The Morgan fingerprint density at radius 3 is 2.61 bits per heavy atom. The Bertz CT molecular complexity index is 950. The summed E-state index contributed by atoms with van der Waals surface area (Å²) in [7, 11) is 0. The molecule has 3 N–H and O–H groups in total. The van der Waals surface area contributed by atoms with E-state index in [1.807, 2.05) is 13.0 Å². The highest BCUT2D eigenvalue weighted by Gasteiger charge is 2.43. The molecule has 1 amide bonds. The van der Waals surface area contributed by atoms with Gasteiger partial charge in [-0.15, -0.1) is 0 Å². The molecule has 1 saturated heterocycles. The van der Waals surface area contributed by atoms with E-state index in [4.69, 9.17) is 9.47 Å². The van der Waals surface area contributed by atoms with Crippen molar-refractivity contribution in [1.82, 2.24) is 5.32 Å². The number of hydrogen-bond donors (Lipinski definition) is 3. The molecule has 0 spiro atoms. The van der Waals surface area contributed by atoms with Crippen molar-refractivity contribution < 1.29 is 28.9 Å². The third kappa shape index (κ3) is 6.53. The zero-order valence-electron chi connectivity index (χ0n) is 19.6. The minimum absolute atomic E-state index is 0.116. The normalized spacial score (nSPS) is 25.2. The van der Waals surface area contributed by atoms with Crippen LogP contribution in [0.15, 0.2) is 42.5 Å². The smallest absolute Gasteiger partial charge is 0.228 e. The van der Waals surface area contributed by atoms with Crippen LogP contribution < -0.4 is 10.1 Å². The van der Waals surface area contributed by atoms with Crippen LogP contribution in [0, 0.1) is 17.7 Å². The molecule has 33 heavy (non-hydrogen) atoms. The van der Waals surface area contributed by atoms with Gasteiger partial charge < -0.3 is 25.0 Å². The van der Waals surface area contributed by atoms with E-state index >= 15 is 0 Å². The molecule has 7 heteroatoms. The molecule has 0 aliphatic carbocycles. The lowest BCUT2D eigenvalue weighted by Gasteiger charge is -2.42. The quantitative estimate of drug-likeness (QED) is 0.561. The minimum Gasteiger partial charge on any atom is -0.462 e. The van der Waals surface area contributed by atoms with Gasteiger partial charge in [-0.05, 0) is 59.7 Å². The fourth-order valence-corrected chi connectivity index (χ4v) is 4.18. The highest BCUT2D eigenvalue weighted by atomic mass is 19.1. The number of aliphatic hydroxyl groups excluding tert-OH is 2. The molecular formula is C26H34FNO5. The van der Waals surface area contributed by atoms with Crippen molar-refractivity contribution in [2.75, 3.05) is 6.54 Å². The monoisotopic (exact) mass is 459 g/mol. The van der Waals surface area contributed by atoms with Gasteiger partial charge in [0.1, 0.15) is 17.7 Å². The maximum atomic E-state index is 13.9. The molecule has 6 nitrogen and oxygen atoms in total. The van der Waals surface area contributed by atoms with Gasteiger partial charge in [-0.25, -0.2) is 4.39 Å². The van der Waals surface area contributed by atoms with Crippen molar-refractivity contribution in [2.24, 2.45) is 11.8 Å². The van der Waals surface area contributed by atoms with Crippen LogP contribution in [-0.4, -0.2) is 47.3 Å². The van der Waals surface area contributed by atoms with Crippen LogP contribution in [0.1, 0.15) is 39.7 Å². The summed E-state index contributed by atoms with van der Waals surface area (Å²) >= 11 is 0. The zero-order valence-corrected chi connectivity index (χ0v) is 19.6. The predicted molar refractivity (Wildman–Crippen MR) is 124 cm³/mol. The Balaban J connectivity index is 1.86. The van der Waals surface area contributed by atoms with Gasteiger partial charge in [-0.1, -0.05) is 39.0 Å². The average molecular weight is 460 g/mol. The summed E-state index contributed by atoms with van der Waals surface area (Å²) < 4.78 is 26.0. The van der Waals surface area contributed by atoms with Gasteiger partial charge in [0.05, 0.1) is 12.2 Å². The molecule has 180 valence electrons. The highest BCUT2D eigenvalue weighted by molar-refractivity contribution is 5.73. The SMILES string of the molecule is CC(=O)NCCc1ccc(O[C@@H]2O[C@@H](CC(C)C)[C@H](C)[C@@H](O)[C@H]2O)cc1-c1cccc(F)c1. The number of ether oxygens (including phenoxy) is 2. The maximum absolute atomic E-state index is 13.9. The molecule has 1 fully saturated rings. The van der Waals surface area contributed by atoms with E-state index in [-0.39, 0.29) is 23.7 Å².